The Morgan fingerprint density at radius 1 is 1.10 bits per heavy atom. The zero-order valence-corrected chi connectivity index (χ0v) is 10.8. The van der Waals surface area contributed by atoms with E-state index < -0.39 is 0 Å². The first-order valence-electron chi connectivity index (χ1n) is 6.35. The summed E-state index contributed by atoms with van der Waals surface area (Å²) in [6, 6.07) is 13.3. The van der Waals surface area contributed by atoms with Crippen LogP contribution in [-0.2, 0) is 6.54 Å². The van der Waals surface area contributed by atoms with E-state index in [2.05, 4.69) is 15.3 Å². The van der Waals surface area contributed by atoms with Crippen molar-refractivity contribution in [1.29, 1.82) is 0 Å². The monoisotopic (exact) mass is 263 g/mol. The van der Waals surface area contributed by atoms with Gasteiger partial charge in [-0.1, -0.05) is 18.2 Å². The molecule has 1 aromatic carbocycles. The highest BCUT2D eigenvalue weighted by Gasteiger charge is 2.04. The number of aromatic nitrogens is 2. The largest absolute Gasteiger partial charge is 0.348 e. The van der Waals surface area contributed by atoms with E-state index in [9.17, 15) is 4.79 Å². The lowest BCUT2D eigenvalue weighted by atomic mass is 10.1. The van der Waals surface area contributed by atoms with Crippen LogP contribution in [0.4, 0.5) is 0 Å². The quantitative estimate of drug-likeness (QED) is 0.790. The summed E-state index contributed by atoms with van der Waals surface area (Å²) in [6.07, 6.45) is 4.99. The van der Waals surface area contributed by atoms with Gasteiger partial charge in [0.15, 0.2) is 0 Å². The number of fused-ring (bicyclic) bond motifs is 1. The predicted molar refractivity (Wildman–Crippen MR) is 77.2 cm³/mol. The Bertz CT molecular complexity index is 741. The fourth-order valence-electron chi connectivity index (χ4n) is 2.00. The number of nitrogens with one attached hydrogen (secondary N) is 1. The molecule has 0 bridgehead atoms. The molecule has 0 aliphatic carbocycles. The number of amides is 1. The number of carbonyl (C=O) groups is 1. The van der Waals surface area contributed by atoms with Gasteiger partial charge in [-0.3, -0.25) is 14.8 Å². The minimum absolute atomic E-state index is 0.111. The first-order valence-corrected chi connectivity index (χ1v) is 6.35. The van der Waals surface area contributed by atoms with E-state index in [1.54, 1.807) is 30.7 Å². The van der Waals surface area contributed by atoms with Gasteiger partial charge in [0.25, 0.3) is 5.91 Å². The molecule has 0 saturated heterocycles. The fraction of sp³-hybridized carbons (Fsp3) is 0.0625. The van der Waals surface area contributed by atoms with Crippen LogP contribution < -0.4 is 5.32 Å². The minimum atomic E-state index is -0.111. The third kappa shape index (κ3) is 2.64. The standard InChI is InChI=1S/C16H13N3O/c20-16(13-5-7-17-8-6-13)19-11-12-9-14-3-1-2-4-15(14)18-10-12/h1-10H,11H2,(H,19,20). The van der Waals surface area contributed by atoms with E-state index in [0.29, 0.717) is 12.1 Å². The van der Waals surface area contributed by atoms with Crippen LogP contribution in [0.5, 0.6) is 0 Å². The third-order valence-corrected chi connectivity index (χ3v) is 3.04. The maximum Gasteiger partial charge on any atom is 0.251 e. The van der Waals surface area contributed by atoms with Crippen LogP contribution in [0.25, 0.3) is 10.9 Å². The summed E-state index contributed by atoms with van der Waals surface area (Å²) in [5.41, 5.74) is 2.54. The highest BCUT2D eigenvalue weighted by atomic mass is 16.1. The number of pyridine rings is 2. The Balaban J connectivity index is 1.72. The minimum Gasteiger partial charge on any atom is -0.348 e. The van der Waals surface area contributed by atoms with Gasteiger partial charge in [0, 0.05) is 36.1 Å². The van der Waals surface area contributed by atoms with Crippen LogP contribution in [0.1, 0.15) is 15.9 Å². The molecule has 3 rings (SSSR count). The fourth-order valence-corrected chi connectivity index (χ4v) is 2.00. The molecule has 0 atom stereocenters. The van der Waals surface area contributed by atoms with Crippen molar-refractivity contribution in [3.63, 3.8) is 0 Å². The van der Waals surface area contributed by atoms with Crippen molar-refractivity contribution < 1.29 is 4.79 Å². The summed E-state index contributed by atoms with van der Waals surface area (Å²) in [5.74, 6) is -0.111. The summed E-state index contributed by atoms with van der Waals surface area (Å²) in [7, 11) is 0. The number of nitrogens with zero attached hydrogens (tertiary/aromatic N) is 2. The molecule has 1 N–H and O–H groups in total. The number of hydrogen-bond acceptors (Lipinski definition) is 3. The second kappa shape index (κ2) is 5.48. The zero-order valence-electron chi connectivity index (χ0n) is 10.8. The van der Waals surface area contributed by atoms with E-state index >= 15 is 0 Å². The van der Waals surface area contributed by atoms with Gasteiger partial charge in [-0.2, -0.15) is 0 Å². The molecule has 1 amide bonds. The molecule has 0 unspecified atom stereocenters. The topological polar surface area (TPSA) is 54.9 Å². The number of rotatable bonds is 3. The maximum atomic E-state index is 11.9. The van der Waals surface area contributed by atoms with Crippen LogP contribution in [0.3, 0.4) is 0 Å². The zero-order chi connectivity index (χ0) is 13.8. The smallest absolute Gasteiger partial charge is 0.251 e. The van der Waals surface area contributed by atoms with Crippen molar-refractivity contribution in [3.8, 4) is 0 Å². The average molecular weight is 263 g/mol. The number of carbonyl (C=O) groups excluding carboxylic acids is 1. The molecular weight excluding hydrogens is 250 g/mol. The van der Waals surface area contributed by atoms with Crippen molar-refractivity contribution in [2.45, 2.75) is 6.54 Å². The van der Waals surface area contributed by atoms with Crippen molar-refractivity contribution in [1.82, 2.24) is 15.3 Å². The predicted octanol–water partition coefficient (Wildman–Crippen LogP) is 2.56. The van der Waals surface area contributed by atoms with Crippen molar-refractivity contribution >= 4 is 16.8 Å². The summed E-state index contributed by atoms with van der Waals surface area (Å²) in [6.45, 7) is 0.457. The van der Waals surface area contributed by atoms with Gasteiger partial charge in [0.05, 0.1) is 5.52 Å². The summed E-state index contributed by atoms with van der Waals surface area (Å²) < 4.78 is 0. The second-order valence-corrected chi connectivity index (χ2v) is 4.45. The summed E-state index contributed by atoms with van der Waals surface area (Å²) in [5, 5.41) is 3.95. The van der Waals surface area contributed by atoms with E-state index in [4.69, 9.17) is 0 Å². The molecule has 0 spiro atoms. The van der Waals surface area contributed by atoms with E-state index in [0.717, 1.165) is 16.5 Å². The van der Waals surface area contributed by atoms with Crippen LogP contribution >= 0.6 is 0 Å². The molecule has 4 nitrogen and oxygen atoms in total. The second-order valence-electron chi connectivity index (χ2n) is 4.45. The van der Waals surface area contributed by atoms with E-state index in [-0.39, 0.29) is 5.91 Å². The lowest BCUT2D eigenvalue weighted by Crippen LogP contribution is -2.22. The average Bonchev–Trinajstić information content (AvgIpc) is 2.53. The van der Waals surface area contributed by atoms with Crippen molar-refractivity contribution in [3.05, 3.63) is 72.2 Å². The molecule has 0 aliphatic rings. The Morgan fingerprint density at radius 2 is 1.90 bits per heavy atom. The Hall–Kier alpha value is -2.75. The number of para-hydroxylation sites is 1. The molecule has 2 aromatic heterocycles. The van der Waals surface area contributed by atoms with E-state index in [1.165, 1.54) is 0 Å². The highest BCUT2D eigenvalue weighted by Crippen LogP contribution is 2.12. The molecule has 98 valence electrons. The van der Waals surface area contributed by atoms with Crippen LogP contribution in [0, 0.1) is 0 Å². The first kappa shape index (κ1) is 12.3. The molecule has 0 aliphatic heterocycles. The lowest BCUT2D eigenvalue weighted by Gasteiger charge is -2.06. The Labute approximate surface area is 116 Å². The van der Waals surface area contributed by atoms with Gasteiger partial charge in [0.1, 0.15) is 0 Å². The van der Waals surface area contributed by atoms with Gasteiger partial charge >= 0.3 is 0 Å². The van der Waals surface area contributed by atoms with Crippen LogP contribution in [0.15, 0.2) is 61.1 Å². The van der Waals surface area contributed by atoms with E-state index in [1.807, 2.05) is 30.3 Å². The normalized spacial score (nSPS) is 10.4. The molecule has 4 heteroatoms. The Kier molecular flexibility index (Phi) is 3.37. The molecule has 0 saturated carbocycles. The number of hydrogen-bond donors (Lipinski definition) is 1. The van der Waals surface area contributed by atoms with Gasteiger partial charge in [-0.15, -0.1) is 0 Å². The first-order chi connectivity index (χ1) is 9.83. The highest BCUT2D eigenvalue weighted by molar-refractivity contribution is 5.94. The molecule has 0 radical (unpaired) electrons. The third-order valence-electron chi connectivity index (χ3n) is 3.04. The molecule has 2 heterocycles. The van der Waals surface area contributed by atoms with Crippen LogP contribution in [0.2, 0.25) is 0 Å². The van der Waals surface area contributed by atoms with Crippen LogP contribution in [-0.4, -0.2) is 15.9 Å². The molecule has 3 aromatic rings. The Morgan fingerprint density at radius 3 is 2.75 bits per heavy atom. The SMILES string of the molecule is O=C(NCc1cnc2ccccc2c1)c1ccncc1. The molecule has 0 fully saturated rings. The van der Waals surface area contributed by atoms with Gasteiger partial charge in [-0.05, 0) is 29.8 Å². The summed E-state index contributed by atoms with van der Waals surface area (Å²) in [4.78, 5) is 20.2. The van der Waals surface area contributed by atoms with Crippen molar-refractivity contribution in [2.75, 3.05) is 0 Å². The van der Waals surface area contributed by atoms with Crippen molar-refractivity contribution in [2.24, 2.45) is 0 Å². The lowest BCUT2D eigenvalue weighted by molar-refractivity contribution is 0.0951. The molecule has 20 heavy (non-hydrogen) atoms. The maximum absolute atomic E-state index is 11.9. The van der Waals surface area contributed by atoms with Gasteiger partial charge in [0.2, 0.25) is 0 Å². The number of benzene rings is 1. The molecular formula is C16H13N3O. The van der Waals surface area contributed by atoms with Gasteiger partial charge < -0.3 is 5.32 Å². The van der Waals surface area contributed by atoms with Gasteiger partial charge in [-0.25, -0.2) is 0 Å². The summed E-state index contributed by atoms with van der Waals surface area (Å²) >= 11 is 0.